The van der Waals surface area contributed by atoms with Crippen LogP contribution in [0.2, 0.25) is 0 Å². The van der Waals surface area contributed by atoms with Gasteiger partial charge < -0.3 is 9.88 Å². The Bertz CT molecular complexity index is 574. The highest BCUT2D eigenvalue weighted by molar-refractivity contribution is 6.03. The third kappa shape index (κ3) is 3.05. The molecule has 1 N–H and O–H groups in total. The minimum Gasteiger partial charge on any atom is -0.347 e. The average Bonchev–Trinajstić information content (AvgIpc) is 2.75. The molecule has 0 aliphatic rings. The Hall–Kier alpha value is -2.03. The number of carbonyl (C=O) groups excluding carboxylic acids is 1. The molecule has 2 rings (SSSR count). The van der Waals surface area contributed by atoms with Crippen molar-refractivity contribution in [3.8, 4) is 0 Å². The van der Waals surface area contributed by atoms with Crippen LogP contribution in [0.1, 0.15) is 36.8 Å². The van der Waals surface area contributed by atoms with Crippen LogP contribution in [-0.2, 0) is 12.5 Å². The Kier molecular flexibility index (Phi) is 3.47. The lowest BCUT2D eigenvalue weighted by Gasteiger charge is -2.19. The van der Waals surface area contributed by atoms with E-state index in [-0.39, 0.29) is 11.3 Å². The van der Waals surface area contributed by atoms with Crippen molar-refractivity contribution in [2.24, 2.45) is 7.05 Å². The second kappa shape index (κ2) is 4.92. The molecular formula is C16H20N2O. The highest BCUT2D eigenvalue weighted by atomic mass is 16.1. The molecule has 0 radical (unpaired) electrons. The topological polar surface area (TPSA) is 34.0 Å². The minimum absolute atomic E-state index is 0.0870. The summed E-state index contributed by atoms with van der Waals surface area (Å²) in [4.78, 5) is 12.0. The molecule has 100 valence electrons. The fourth-order valence-electron chi connectivity index (χ4n) is 1.95. The van der Waals surface area contributed by atoms with Crippen LogP contribution in [-0.4, -0.2) is 10.5 Å². The van der Waals surface area contributed by atoms with Crippen molar-refractivity contribution < 1.29 is 4.79 Å². The lowest BCUT2D eigenvalue weighted by atomic mass is 9.87. The number of aryl methyl sites for hydroxylation is 1. The number of carbonyl (C=O) groups is 1. The molecule has 0 atom stereocenters. The maximum Gasteiger partial charge on any atom is 0.272 e. The molecule has 0 spiro atoms. The molecule has 0 aliphatic heterocycles. The summed E-state index contributed by atoms with van der Waals surface area (Å²) in [5, 5.41) is 2.90. The van der Waals surface area contributed by atoms with Crippen molar-refractivity contribution in [3.63, 3.8) is 0 Å². The Balaban J connectivity index is 2.12. The summed E-state index contributed by atoms with van der Waals surface area (Å²) in [5.41, 5.74) is 2.85. The molecule has 1 aromatic carbocycles. The molecular weight excluding hydrogens is 236 g/mol. The van der Waals surface area contributed by atoms with Gasteiger partial charge in [0.2, 0.25) is 0 Å². The van der Waals surface area contributed by atoms with E-state index in [0.29, 0.717) is 5.69 Å². The predicted octanol–water partition coefficient (Wildman–Crippen LogP) is 3.57. The van der Waals surface area contributed by atoms with Gasteiger partial charge in [-0.05, 0) is 35.2 Å². The summed E-state index contributed by atoms with van der Waals surface area (Å²) < 4.78 is 1.80. The van der Waals surface area contributed by atoms with Crippen molar-refractivity contribution in [2.45, 2.75) is 26.2 Å². The van der Waals surface area contributed by atoms with Gasteiger partial charge >= 0.3 is 0 Å². The minimum atomic E-state index is -0.0870. The highest BCUT2D eigenvalue weighted by Crippen LogP contribution is 2.23. The number of nitrogens with zero attached hydrogens (tertiary/aromatic N) is 1. The van der Waals surface area contributed by atoms with Crippen LogP contribution in [0.5, 0.6) is 0 Å². The van der Waals surface area contributed by atoms with Crippen LogP contribution in [0, 0.1) is 0 Å². The molecule has 0 saturated heterocycles. The van der Waals surface area contributed by atoms with E-state index in [1.807, 2.05) is 31.4 Å². The summed E-state index contributed by atoms with van der Waals surface area (Å²) in [6, 6.07) is 11.7. The first-order chi connectivity index (χ1) is 8.88. The van der Waals surface area contributed by atoms with Crippen LogP contribution >= 0.6 is 0 Å². The van der Waals surface area contributed by atoms with Gasteiger partial charge in [-0.3, -0.25) is 4.79 Å². The fraction of sp³-hybridized carbons (Fsp3) is 0.312. The van der Waals surface area contributed by atoms with Gasteiger partial charge in [0.05, 0.1) is 0 Å². The molecule has 1 heterocycles. The molecule has 0 unspecified atom stereocenters. The van der Waals surface area contributed by atoms with E-state index in [2.05, 4.69) is 38.2 Å². The van der Waals surface area contributed by atoms with Crippen molar-refractivity contribution in [3.05, 3.63) is 53.9 Å². The maximum absolute atomic E-state index is 12.0. The van der Waals surface area contributed by atoms with E-state index in [1.54, 1.807) is 10.6 Å². The van der Waals surface area contributed by atoms with Gasteiger partial charge in [-0.15, -0.1) is 0 Å². The summed E-state index contributed by atoms with van der Waals surface area (Å²) in [6.07, 6.45) is 1.86. The molecule has 1 amide bonds. The summed E-state index contributed by atoms with van der Waals surface area (Å²) in [5.74, 6) is -0.0870. The summed E-state index contributed by atoms with van der Waals surface area (Å²) in [6.45, 7) is 6.51. The molecule has 2 aromatic rings. The molecule has 0 aliphatic carbocycles. The molecule has 0 bridgehead atoms. The lowest BCUT2D eigenvalue weighted by molar-refractivity contribution is 0.101. The first-order valence-electron chi connectivity index (χ1n) is 6.41. The number of anilines is 1. The van der Waals surface area contributed by atoms with E-state index in [0.717, 1.165) is 5.69 Å². The Morgan fingerprint density at radius 1 is 1.11 bits per heavy atom. The SMILES string of the molecule is Cn1cccc1C(=O)Nc1ccc(C(C)(C)C)cc1. The molecule has 19 heavy (non-hydrogen) atoms. The third-order valence-corrected chi connectivity index (χ3v) is 3.19. The Morgan fingerprint density at radius 2 is 1.74 bits per heavy atom. The lowest BCUT2D eigenvalue weighted by Crippen LogP contribution is -2.16. The van der Waals surface area contributed by atoms with E-state index in [1.165, 1.54) is 5.56 Å². The quantitative estimate of drug-likeness (QED) is 0.875. The van der Waals surface area contributed by atoms with E-state index in [9.17, 15) is 4.79 Å². The van der Waals surface area contributed by atoms with Crippen LogP contribution in [0.3, 0.4) is 0 Å². The standard InChI is InChI=1S/C16H20N2O/c1-16(2,3)12-7-9-13(10-8-12)17-15(19)14-6-5-11-18(14)4/h5-11H,1-4H3,(H,17,19). The van der Waals surface area contributed by atoms with Gasteiger partial charge in [-0.2, -0.15) is 0 Å². The van der Waals surface area contributed by atoms with Gasteiger partial charge in [0.25, 0.3) is 5.91 Å². The van der Waals surface area contributed by atoms with Gasteiger partial charge in [0.15, 0.2) is 0 Å². The normalized spacial score (nSPS) is 11.4. The molecule has 3 nitrogen and oxygen atoms in total. The monoisotopic (exact) mass is 256 g/mol. The zero-order valence-corrected chi connectivity index (χ0v) is 11.9. The van der Waals surface area contributed by atoms with Crippen LogP contribution in [0.15, 0.2) is 42.6 Å². The Labute approximate surface area is 114 Å². The highest BCUT2D eigenvalue weighted by Gasteiger charge is 2.14. The number of amides is 1. The number of hydrogen-bond donors (Lipinski definition) is 1. The molecule has 0 fully saturated rings. The van der Waals surface area contributed by atoms with Crippen LogP contribution in [0.25, 0.3) is 0 Å². The summed E-state index contributed by atoms with van der Waals surface area (Å²) in [7, 11) is 1.86. The van der Waals surface area contributed by atoms with E-state index in [4.69, 9.17) is 0 Å². The molecule has 3 heteroatoms. The summed E-state index contributed by atoms with van der Waals surface area (Å²) >= 11 is 0. The number of rotatable bonds is 2. The van der Waals surface area contributed by atoms with Gasteiger partial charge in [0, 0.05) is 18.9 Å². The van der Waals surface area contributed by atoms with Gasteiger partial charge in [-0.1, -0.05) is 32.9 Å². The van der Waals surface area contributed by atoms with Crippen molar-refractivity contribution in [1.82, 2.24) is 4.57 Å². The van der Waals surface area contributed by atoms with E-state index >= 15 is 0 Å². The van der Waals surface area contributed by atoms with Crippen LogP contribution < -0.4 is 5.32 Å². The third-order valence-electron chi connectivity index (χ3n) is 3.19. The van der Waals surface area contributed by atoms with Crippen molar-refractivity contribution in [2.75, 3.05) is 5.32 Å². The fourth-order valence-corrected chi connectivity index (χ4v) is 1.95. The zero-order valence-electron chi connectivity index (χ0n) is 11.9. The van der Waals surface area contributed by atoms with E-state index < -0.39 is 0 Å². The predicted molar refractivity (Wildman–Crippen MR) is 78.5 cm³/mol. The zero-order chi connectivity index (χ0) is 14.0. The number of aromatic nitrogens is 1. The Morgan fingerprint density at radius 3 is 2.21 bits per heavy atom. The largest absolute Gasteiger partial charge is 0.347 e. The van der Waals surface area contributed by atoms with Gasteiger partial charge in [-0.25, -0.2) is 0 Å². The number of nitrogens with one attached hydrogen (secondary N) is 1. The number of benzene rings is 1. The molecule has 0 saturated carbocycles. The van der Waals surface area contributed by atoms with Crippen LogP contribution in [0.4, 0.5) is 5.69 Å². The number of hydrogen-bond acceptors (Lipinski definition) is 1. The smallest absolute Gasteiger partial charge is 0.272 e. The second-order valence-corrected chi connectivity index (χ2v) is 5.79. The van der Waals surface area contributed by atoms with Crippen molar-refractivity contribution >= 4 is 11.6 Å². The second-order valence-electron chi connectivity index (χ2n) is 5.79. The average molecular weight is 256 g/mol. The van der Waals surface area contributed by atoms with Gasteiger partial charge in [0.1, 0.15) is 5.69 Å². The maximum atomic E-state index is 12.0. The molecule has 1 aromatic heterocycles. The van der Waals surface area contributed by atoms with Crippen molar-refractivity contribution in [1.29, 1.82) is 0 Å². The first-order valence-corrected chi connectivity index (χ1v) is 6.41. The first kappa shape index (κ1) is 13.4.